The topological polar surface area (TPSA) is 84.9 Å². The molecule has 3 aromatic heterocycles. The third-order valence-electron chi connectivity index (χ3n) is 2.16. The summed E-state index contributed by atoms with van der Waals surface area (Å²) in [5.41, 5.74) is 8.06. The number of rotatable bonds is 1. The fourth-order valence-corrected chi connectivity index (χ4v) is 1.43. The summed E-state index contributed by atoms with van der Waals surface area (Å²) in [6, 6.07) is 3.59. The van der Waals surface area contributed by atoms with Crippen LogP contribution in [0.2, 0.25) is 0 Å². The lowest BCUT2D eigenvalue weighted by molar-refractivity contribution is 0.939. The molecule has 0 bridgehead atoms. The zero-order chi connectivity index (χ0) is 10.3. The number of nitrogens with zero attached hydrogens (tertiary/aromatic N) is 4. The highest BCUT2D eigenvalue weighted by Gasteiger charge is 2.03. The van der Waals surface area contributed by atoms with E-state index in [1.54, 1.807) is 23.0 Å². The van der Waals surface area contributed by atoms with Crippen molar-refractivity contribution in [1.82, 2.24) is 24.8 Å². The first kappa shape index (κ1) is 7.98. The molecule has 0 aliphatic carbocycles. The largest absolute Gasteiger partial charge is 0.382 e. The summed E-state index contributed by atoms with van der Waals surface area (Å²) in [6.07, 6.45) is 5.33. The Morgan fingerprint density at radius 1 is 1.40 bits per heavy atom. The lowest BCUT2D eigenvalue weighted by Gasteiger charge is -1.97. The van der Waals surface area contributed by atoms with Gasteiger partial charge in [0.15, 0.2) is 5.65 Å². The van der Waals surface area contributed by atoms with Crippen LogP contribution in [-0.4, -0.2) is 24.8 Å². The van der Waals surface area contributed by atoms with Crippen molar-refractivity contribution in [3.8, 4) is 11.3 Å². The first-order valence-corrected chi connectivity index (χ1v) is 4.43. The number of H-pyrrole nitrogens is 1. The molecule has 3 rings (SSSR count). The lowest BCUT2D eigenvalue weighted by Crippen LogP contribution is -1.91. The highest BCUT2D eigenvalue weighted by Crippen LogP contribution is 2.17. The van der Waals surface area contributed by atoms with Crippen molar-refractivity contribution >= 4 is 11.5 Å². The normalized spacial score (nSPS) is 10.9. The first-order chi connectivity index (χ1) is 7.33. The molecule has 74 valence electrons. The number of nitrogens with two attached hydrogens (primary N) is 1. The molecule has 15 heavy (non-hydrogen) atoms. The number of aromatic amines is 1. The van der Waals surface area contributed by atoms with Crippen LogP contribution in [0.15, 0.2) is 30.7 Å². The summed E-state index contributed by atoms with van der Waals surface area (Å²) in [7, 11) is 0. The van der Waals surface area contributed by atoms with Crippen molar-refractivity contribution in [3.05, 3.63) is 30.7 Å². The number of fused-ring (bicyclic) bond motifs is 1. The second-order valence-electron chi connectivity index (χ2n) is 3.18. The molecule has 6 heteroatoms. The quantitative estimate of drug-likeness (QED) is 0.605. The molecule has 6 nitrogen and oxygen atoms in total. The highest BCUT2D eigenvalue weighted by molar-refractivity contribution is 5.61. The van der Waals surface area contributed by atoms with Crippen LogP contribution in [0.3, 0.4) is 0 Å². The lowest BCUT2D eigenvalue weighted by atomic mass is 10.2. The molecule has 0 aliphatic rings. The maximum absolute atomic E-state index is 5.52. The van der Waals surface area contributed by atoms with Gasteiger partial charge in [0.2, 0.25) is 0 Å². The van der Waals surface area contributed by atoms with Gasteiger partial charge in [0.1, 0.15) is 5.82 Å². The van der Waals surface area contributed by atoms with Gasteiger partial charge in [-0.1, -0.05) is 0 Å². The minimum Gasteiger partial charge on any atom is -0.382 e. The Bertz CT molecular complexity index is 608. The van der Waals surface area contributed by atoms with E-state index in [1.807, 2.05) is 12.3 Å². The van der Waals surface area contributed by atoms with E-state index >= 15 is 0 Å². The molecule has 0 amide bonds. The Hall–Kier alpha value is -2.37. The van der Waals surface area contributed by atoms with E-state index < -0.39 is 0 Å². The number of nitrogens with one attached hydrogen (secondary N) is 1. The molecule has 0 aliphatic heterocycles. The Kier molecular flexibility index (Phi) is 1.49. The van der Waals surface area contributed by atoms with Gasteiger partial charge in [-0.15, -0.1) is 0 Å². The van der Waals surface area contributed by atoms with Crippen molar-refractivity contribution in [1.29, 1.82) is 0 Å². The Balaban J connectivity index is 2.18. The average molecular weight is 200 g/mol. The van der Waals surface area contributed by atoms with Gasteiger partial charge >= 0.3 is 0 Å². The first-order valence-electron chi connectivity index (χ1n) is 4.43. The molecular weight excluding hydrogens is 192 g/mol. The maximum atomic E-state index is 5.52. The zero-order valence-electron chi connectivity index (χ0n) is 7.75. The monoisotopic (exact) mass is 200 g/mol. The molecule has 0 aromatic carbocycles. The van der Waals surface area contributed by atoms with Gasteiger partial charge in [-0.2, -0.15) is 10.2 Å². The molecule has 3 heterocycles. The van der Waals surface area contributed by atoms with E-state index in [4.69, 9.17) is 5.73 Å². The van der Waals surface area contributed by atoms with Crippen molar-refractivity contribution in [2.45, 2.75) is 0 Å². The standard InChI is InChI=1S/C9H8N6/c10-8-3-7(13-14-8)6-4-11-9-1-2-12-15(9)5-6/h1-5H,(H3,10,13,14). The third kappa shape index (κ3) is 1.23. The van der Waals surface area contributed by atoms with Crippen molar-refractivity contribution in [3.63, 3.8) is 0 Å². The van der Waals surface area contributed by atoms with Crippen LogP contribution in [0.5, 0.6) is 0 Å². The Morgan fingerprint density at radius 3 is 3.13 bits per heavy atom. The summed E-state index contributed by atoms with van der Waals surface area (Å²) >= 11 is 0. The van der Waals surface area contributed by atoms with Gasteiger partial charge in [0.25, 0.3) is 0 Å². The van der Waals surface area contributed by atoms with Crippen molar-refractivity contribution < 1.29 is 0 Å². The van der Waals surface area contributed by atoms with E-state index in [1.165, 1.54) is 0 Å². The van der Waals surface area contributed by atoms with Crippen LogP contribution < -0.4 is 5.73 Å². The van der Waals surface area contributed by atoms with Gasteiger partial charge in [0.05, 0.1) is 11.9 Å². The molecule has 0 saturated carbocycles. The van der Waals surface area contributed by atoms with Crippen LogP contribution in [0.25, 0.3) is 16.9 Å². The molecule has 0 spiro atoms. The van der Waals surface area contributed by atoms with Crippen LogP contribution in [-0.2, 0) is 0 Å². The molecule has 0 radical (unpaired) electrons. The highest BCUT2D eigenvalue weighted by atomic mass is 15.2. The van der Waals surface area contributed by atoms with Crippen LogP contribution >= 0.6 is 0 Å². The predicted octanol–water partition coefficient (Wildman–Crippen LogP) is 0.702. The summed E-state index contributed by atoms with van der Waals surface area (Å²) in [4.78, 5) is 4.24. The van der Waals surface area contributed by atoms with Crippen LogP contribution in [0.1, 0.15) is 0 Å². The predicted molar refractivity (Wildman–Crippen MR) is 55.0 cm³/mol. The van der Waals surface area contributed by atoms with E-state index in [9.17, 15) is 0 Å². The molecule has 0 saturated heterocycles. The smallest absolute Gasteiger partial charge is 0.154 e. The Morgan fingerprint density at radius 2 is 2.33 bits per heavy atom. The van der Waals surface area contributed by atoms with E-state index in [0.29, 0.717) is 5.82 Å². The van der Waals surface area contributed by atoms with Gasteiger partial charge in [-0.05, 0) is 0 Å². The number of hydrogen-bond acceptors (Lipinski definition) is 4. The SMILES string of the molecule is Nc1cc(-c2cnc3ccnn3c2)[nH]n1. The number of aromatic nitrogens is 5. The minimum atomic E-state index is 0.463. The molecular formula is C9H8N6. The fraction of sp³-hybridized carbons (Fsp3) is 0. The molecule has 3 aromatic rings. The van der Waals surface area contributed by atoms with Crippen molar-refractivity contribution in [2.75, 3.05) is 5.73 Å². The second kappa shape index (κ2) is 2.81. The van der Waals surface area contributed by atoms with Gasteiger partial charge in [0, 0.05) is 30.1 Å². The zero-order valence-corrected chi connectivity index (χ0v) is 7.75. The van der Waals surface area contributed by atoms with E-state index in [-0.39, 0.29) is 0 Å². The summed E-state index contributed by atoms with van der Waals surface area (Å²) < 4.78 is 1.70. The molecule has 3 N–H and O–H groups in total. The minimum absolute atomic E-state index is 0.463. The van der Waals surface area contributed by atoms with Crippen molar-refractivity contribution in [2.24, 2.45) is 0 Å². The van der Waals surface area contributed by atoms with E-state index in [0.717, 1.165) is 16.9 Å². The molecule has 0 fully saturated rings. The van der Waals surface area contributed by atoms with Gasteiger partial charge < -0.3 is 5.73 Å². The van der Waals surface area contributed by atoms with Crippen LogP contribution in [0.4, 0.5) is 5.82 Å². The van der Waals surface area contributed by atoms with Crippen LogP contribution in [0, 0.1) is 0 Å². The average Bonchev–Trinajstić information content (AvgIpc) is 2.84. The summed E-state index contributed by atoms with van der Waals surface area (Å²) in [5, 5.41) is 10.8. The molecule has 0 unspecified atom stereocenters. The molecule has 0 atom stereocenters. The summed E-state index contributed by atoms with van der Waals surface area (Å²) in [5.74, 6) is 0.463. The Labute approximate surface area is 84.8 Å². The van der Waals surface area contributed by atoms with Gasteiger partial charge in [-0.3, -0.25) is 5.10 Å². The number of nitrogen functional groups attached to an aromatic ring is 1. The fourth-order valence-electron chi connectivity index (χ4n) is 1.43. The maximum Gasteiger partial charge on any atom is 0.154 e. The second-order valence-corrected chi connectivity index (χ2v) is 3.18. The summed E-state index contributed by atoms with van der Waals surface area (Å²) in [6.45, 7) is 0. The number of anilines is 1. The third-order valence-corrected chi connectivity index (χ3v) is 2.16. The van der Waals surface area contributed by atoms with E-state index in [2.05, 4.69) is 20.3 Å². The van der Waals surface area contributed by atoms with Gasteiger partial charge in [-0.25, -0.2) is 9.50 Å². The number of hydrogen-bond donors (Lipinski definition) is 2.